The van der Waals surface area contributed by atoms with Crippen LogP contribution in [0.25, 0.3) is 0 Å². The zero-order valence-corrected chi connectivity index (χ0v) is 23.2. The highest BCUT2D eigenvalue weighted by molar-refractivity contribution is 6.80. The van der Waals surface area contributed by atoms with Crippen LogP contribution in [0.5, 0.6) is 0 Å². The molecule has 37 heavy (non-hydrogen) atoms. The smallest absolute Gasteiger partial charge is 0.240 e. The number of anilines is 1. The topological polar surface area (TPSA) is 38.8 Å². The van der Waals surface area contributed by atoms with Crippen molar-refractivity contribution in [1.29, 1.82) is 0 Å². The van der Waals surface area contributed by atoms with Gasteiger partial charge in [0.25, 0.3) is 0 Å². The van der Waals surface area contributed by atoms with Gasteiger partial charge in [-0.2, -0.15) is 0 Å². The van der Waals surface area contributed by atoms with Gasteiger partial charge in [0.1, 0.15) is 0 Å². The first-order chi connectivity index (χ1) is 17.6. The summed E-state index contributed by atoms with van der Waals surface area (Å²) in [6.07, 6.45) is -0.551. The van der Waals surface area contributed by atoms with Gasteiger partial charge in [0.2, 0.25) is 9.04 Å². The third-order valence-corrected chi connectivity index (χ3v) is 9.17. The van der Waals surface area contributed by atoms with Crippen LogP contribution in [0.1, 0.15) is 56.6 Å². The van der Waals surface area contributed by atoms with Crippen molar-refractivity contribution in [3.05, 3.63) is 89.5 Å². The minimum Gasteiger partial charge on any atom is -0.403 e. The molecule has 1 fully saturated rings. The molecular formula is C30H35F2NO3Si. The number of hydrogen-bond donors (Lipinski definition) is 0. The standard InChI is InChI=1S/C30H35F2NO3Si/c1-20-17-33(18-21(2)35-20)28-25(16-22(19-34)26(31)27(28)32)29(30(3,4)5)36-37(23-12-8-6-9-13-23)24-14-10-7-11-15-24/h6-16,19-21,29,37H,17-18H2,1-5H3/t20-,21+,29?. The molecule has 3 aromatic carbocycles. The number of ether oxygens (including phenoxy) is 1. The van der Waals surface area contributed by atoms with Crippen molar-refractivity contribution in [1.82, 2.24) is 0 Å². The highest BCUT2D eigenvalue weighted by atomic mass is 28.3. The molecule has 0 aliphatic carbocycles. The number of nitrogens with zero attached hydrogens (tertiary/aromatic N) is 1. The fraction of sp³-hybridized carbons (Fsp3) is 0.367. The second-order valence-electron chi connectivity index (χ2n) is 10.9. The van der Waals surface area contributed by atoms with Crippen LogP contribution < -0.4 is 15.3 Å². The van der Waals surface area contributed by atoms with Gasteiger partial charge in [-0.3, -0.25) is 4.79 Å². The van der Waals surface area contributed by atoms with Crippen LogP contribution in [0.15, 0.2) is 66.7 Å². The fourth-order valence-electron chi connectivity index (χ4n) is 5.11. The Morgan fingerprint density at radius 3 is 1.92 bits per heavy atom. The minimum absolute atomic E-state index is 0.152. The maximum atomic E-state index is 15.8. The molecule has 0 amide bonds. The Kier molecular flexibility index (Phi) is 8.26. The summed E-state index contributed by atoms with van der Waals surface area (Å²) in [6.45, 7) is 10.7. The maximum Gasteiger partial charge on any atom is 0.240 e. The fourth-order valence-corrected chi connectivity index (χ4v) is 7.78. The molecule has 1 unspecified atom stereocenters. The van der Waals surface area contributed by atoms with Gasteiger partial charge in [-0.15, -0.1) is 0 Å². The van der Waals surface area contributed by atoms with Crippen molar-refractivity contribution in [2.24, 2.45) is 5.41 Å². The third kappa shape index (κ3) is 6.00. The van der Waals surface area contributed by atoms with Crippen LogP contribution in [-0.4, -0.2) is 40.6 Å². The second kappa shape index (κ2) is 11.3. The van der Waals surface area contributed by atoms with Crippen molar-refractivity contribution in [3.63, 3.8) is 0 Å². The Morgan fingerprint density at radius 2 is 1.46 bits per heavy atom. The quantitative estimate of drug-likeness (QED) is 0.322. The van der Waals surface area contributed by atoms with Crippen LogP contribution in [-0.2, 0) is 9.16 Å². The number of carbonyl (C=O) groups excluding carboxylic acids is 1. The first-order valence-corrected chi connectivity index (χ1v) is 14.4. The molecule has 0 spiro atoms. The number of carbonyl (C=O) groups is 1. The summed E-state index contributed by atoms with van der Waals surface area (Å²) in [6, 6.07) is 21.6. The van der Waals surface area contributed by atoms with Gasteiger partial charge in [-0.05, 0) is 35.7 Å². The van der Waals surface area contributed by atoms with E-state index in [9.17, 15) is 4.79 Å². The van der Waals surface area contributed by atoms with Gasteiger partial charge in [-0.25, -0.2) is 8.78 Å². The van der Waals surface area contributed by atoms with Crippen molar-refractivity contribution in [2.45, 2.75) is 52.9 Å². The van der Waals surface area contributed by atoms with Crippen LogP contribution in [0.4, 0.5) is 14.5 Å². The lowest BCUT2D eigenvalue weighted by molar-refractivity contribution is -0.00576. The summed E-state index contributed by atoms with van der Waals surface area (Å²) in [5.74, 6) is -2.15. The van der Waals surface area contributed by atoms with Gasteiger partial charge in [0, 0.05) is 18.7 Å². The minimum atomic E-state index is -2.27. The molecule has 1 heterocycles. The summed E-state index contributed by atoms with van der Waals surface area (Å²) in [5, 5.41) is 2.16. The summed E-state index contributed by atoms with van der Waals surface area (Å²) in [7, 11) is -2.27. The number of hydrogen-bond acceptors (Lipinski definition) is 4. The van der Waals surface area contributed by atoms with E-state index in [1.165, 1.54) is 6.07 Å². The van der Waals surface area contributed by atoms with E-state index >= 15 is 8.78 Å². The largest absolute Gasteiger partial charge is 0.403 e. The lowest BCUT2D eigenvalue weighted by atomic mass is 9.83. The van der Waals surface area contributed by atoms with Crippen LogP contribution in [0, 0.1) is 17.0 Å². The van der Waals surface area contributed by atoms with E-state index in [1.807, 2.05) is 75.9 Å². The molecule has 4 rings (SSSR count). The van der Waals surface area contributed by atoms with Crippen molar-refractivity contribution in [2.75, 3.05) is 18.0 Å². The summed E-state index contributed by atoms with van der Waals surface area (Å²) < 4.78 is 43.8. The Labute approximate surface area is 219 Å². The van der Waals surface area contributed by atoms with E-state index in [0.717, 1.165) is 10.4 Å². The average Bonchev–Trinajstić information content (AvgIpc) is 2.86. The van der Waals surface area contributed by atoms with Crippen molar-refractivity contribution >= 4 is 31.4 Å². The maximum absolute atomic E-state index is 15.8. The number of morpholine rings is 1. The van der Waals surface area contributed by atoms with Gasteiger partial charge in [0.15, 0.2) is 17.9 Å². The molecule has 3 aromatic rings. The van der Waals surface area contributed by atoms with E-state index in [0.29, 0.717) is 24.9 Å². The molecule has 1 saturated heterocycles. The molecular weight excluding hydrogens is 488 g/mol. The Balaban J connectivity index is 1.90. The second-order valence-corrected chi connectivity index (χ2v) is 13.3. The van der Waals surface area contributed by atoms with Gasteiger partial charge in [0.05, 0.1) is 29.6 Å². The van der Waals surface area contributed by atoms with Crippen molar-refractivity contribution in [3.8, 4) is 0 Å². The molecule has 196 valence electrons. The van der Waals surface area contributed by atoms with E-state index < -0.39 is 32.2 Å². The summed E-state index contributed by atoms with van der Waals surface area (Å²) in [5.41, 5.74) is -0.156. The molecule has 4 nitrogen and oxygen atoms in total. The van der Waals surface area contributed by atoms with E-state index in [-0.39, 0.29) is 23.5 Å². The lowest BCUT2D eigenvalue weighted by Crippen LogP contribution is -2.48. The zero-order chi connectivity index (χ0) is 26.7. The average molecular weight is 524 g/mol. The Hall–Kier alpha value is -2.87. The molecule has 0 N–H and O–H groups in total. The normalized spacial score (nSPS) is 19.2. The van der Waals surface area contributed by atoms with Gasteiger partial charge >= 0.3 is 0 Å². The number of halogens is 2. The van der Waals surface area contributed by atoms with E-state index in [2.05, 4.69) is 24.3 Å². The Bertz CT molecular complexity index is 1170. The zero-order valence-electron chi connectivity index (χ0n) is 22.1. The summed E-state index contributed by atoms with van der Waals surface area (Å²) >= 11 is 0. The number of benzene rings is 3. The third-order valence-electron chi connectivity index (χ3n) is 6.65. The van der Waals surface area contributed by atoms with Gasteiger partial charge in [-0.1, -0.05) is 81.4 Å². The number of aldehydes is 1. The predicted octanol–water partition coefficient (Wildman–Crippen LogP) is 5.03. The molecule has 7 heteroatoms. The lowest BCUT2D eigenvalue weighted by Gasteiger charge is -2.41. The predicted molar refractivity (Wildman–Crippen MR) is 147 cm³/mol. The molecule has 0 bridgehead atoms. The van der Waals surface area contributed by atoms with Crippen LogP contribution in [0.3, 0.4) is 0 Å². The van der Waals surface area contributed by atoms with Crippen LogP contribution in [0.2, 0.25) is 0 Å². The van der Waals surface area contributed by atoms with E-state index in [1.54, 1.807) is 0 Å². The molecule has 1 aliphatic rings. The summed E-state index contributed by atoms with van der Waals surface area (Å²) in [4.78, 5) is 13.6. The Morgan fingerprint density at radius 1 is 0.946 bits per heavy atom. The highest BCUT2D eigenvalue weighted by Gasteiger charge is 2.38. The molecule has 3 atom stereocenters. The monoisotopic (exact) mass is 523 g/mol. The van der Waals surface area contributed by atoms with Crippen molar-refractivity contribution < 1.29 is 22.7 Å². The van der Waals surface area contributed by atoms with Gasteiger partial charge < -0.3 is 14.1 Å². The molecule has 0 saturated carbocycles. The molecule has 0 aromatic heterocycles. The molecule has 0 radical (unpaired) electrons. The van der Waals surface area contributed by atoms with Crippen LogP contribution >= 0.6 is 0 Å². The van der Waals surface area contributed by atoms with E-state index in [4.69, 9.17) is 9.16 Å². The number of rotatable bonds is 7. The highest BCUT2D eigenvalue weighted by Crippen LogP contribution is 2.43. The first kappa shape index (κ1) is 27.2. The molecule has 1 aliphatic heterocycles. The first-order valence-electron chi connectivity index (χ1n) is 12.7. The SMILES string of the molecule is C[C@@H]1CN(c2c(C(O[SiH](c3ccccc3)c3ccccc3)C(C)(C)C)cc(C=O)c(F)c2F)C[C@H](C)O1.